The Balaban J connectivity index is 3.28. The van der Waals surface area contributed by atoms with E-state index in [0.29, 0.717) is 12.0 Å². The molecular formula is C17H34O3. The van der Waals surface area contributed by atoms with Crippen molar-refractivity contribution in [1.29, 1.82) is 0 Å². The summed E-state index contributed by atoms with van der Waals surface area (Å²) in [4.78, 5) is 11.6. The van der Waals surface area contributed by atoms with Crippen molar-refractivity contribution in [2.45, 2.75) is 67.2 Å². The fourth-order valence-electron chi connectivity index (χ4n) is 1.60. The Morgan fingerprint density at radius 2 is 1.30 bits per heavy atom. The van der Waals surface area contributed by atoms with Crippen LogP contribution in [0.3, 0.4) is 0 Å². The third-order valence-electron chi connectivity index (χ3n) is 3.11. The van der Waals surface area contributed by atoms with Gasteiger partial charge in [-0.3, -0.25) is 4.79 Å². The summed E-state index contributed by atoms with van der Waals surface area (Å²) in [5.41, 5.74) is 0.104. The molecule has 0 N–H and O–H groups in total. The van der Waals surface area contributed by atoms with Gasteiger partial charge >= 0.3 is 0 Å². The van der Waals surface area contributed by atoms with Crippen LogP contribution in [0.2, 0.25) is 0 Å². The highest BCUT2D eigenvalue weighted by Crippen LogP contribution is 2.20. The molecule has 0 fully saturated rings. The standard InChI is InChI=1S/C17H34O3/c1-16(2,3)10-9-13-19-11-7-8-12-20-14-15(18)17(4,5)6/h7-14H2,1-6H3. The molecule has 3 heteroatoms. The highest BCUT2D eigenvalue weighted by Gasteiger charge is 2.20. The zero-order chi connectivity index (χ0) is 15.6. The van der Waals surface area contributed by atoms with Gasteiger partial charge in [-0.2, -0.15) is 0 Å². The van der Waals surface area contributed by atoms with E-state index in [2.05, 4.69) is 20.8 Å². The largest absolute Gasteiger partial charge is 0.381 e. The van der Waals surface area contributed by atoms with Crippen molar-refractivity contribution in [3.8, 4) is 0 Å². The Morgan fingerprint density at radius 3 is 1.80 bits per heavy atom. The minimum Gasteiger partial charge on any atom is -0.381 e. The van der Waals surface area contributed by atoms with Gasteiger partial charge in [0.25, 0.3) is 0 Å². The topological polar surface area (TPSA) is 35.5 Å². The van der Waals surface area contributed by atoms with E-state index in [1.807, 2.05) is 20.8 Å². The number of Topliss-reactive ketones (excluding diaryl/α,β-unsaturated/α-hetero) is 1. The summed E-state index contributed by atoms with van der Waals surface area (Å²) in [6, 6.07) is 0. The minimum atomic E-state index is -0.295. The van der Waals surface area contributed by atoms with Crippen LogP contribution in [0.25, 0.3) is 0 Å². The lowest BCUT2D eigenvalue weighted by Gasteiger charge is -2.17. The van der Waals surface area contributed by atoms with Crippen LogP contribution in [0, 0.1) is 10.8 Å². The Bertz CT molecular complexity index is 258. The molecule has 0 heterocycles. The Kier molecular flexibility index (Phi) is 9.32. The predicted molar refractivity (Wildman–Crippen MR) is 84.0 cm³/mol. The van der Waals surface area contributed by atoms with Crippen LogP contribution >= 0.6 is 0 Å². The van der Waals surface area contributed by atoms with E-state index in [0.717, 1.165) is 32.5 Å². The maximum atomic E-state index is 11.6. The summed E-state index contributed by atoms with van der Waals surface area (Å²) >= 11 is 0. The number of hydrogen-bond donors (Lipinski definition) is 0. The second-order valence-corrected chi connectivity index (χ2v) is 7.71. The van der Waals surface area contributed by atoms with Crippen molar-refractivity contribution in [3.63, 3.8) is 0 Å². The molecular weight excluding hydrogens is 252 g/mol. The van der Waals surface area contributed by atoms with E-state index in [1.54, 1.807) is 0 Å². The summed E-state index contributed by atoms with van der Waals surface area (Å²) in [5.74, 6) is 0.163. The second-order valence-electron chi connectivity index (χ2n) is 7.71. The van der Waals surface area contributed by atoms with Gasteiger partial charge < -0.3 is 9.47 Å². The van der Waals surface area contributed by atoms with E-state index >= 15 is 0 Å². The van der Waals surface area contributed by atoms with E-state index < -0.39 is 0 Å². The van der Waals surface area contributed by atoms with Crippen molar-refractivity contribution in [2.24, 2.45) is 10.8 Å². The number of unbranched alkanes of at least 4 members (excludes halogenated alkanes) is 1. The molecule has 0 aromatic rings. The van der Waals surface area contributed by atoms with E-state index in [9.17, 15) is 4.79 Å². The molecule has 0 rings (SSSR count). The van der Waals surface area contributed by atoms with Gasteiger partial charge in [-0.05, 0) is 31.1 Å². The zero-order valence-electron chi connectivity index (χ0n) is 14.4. The molecule has 0 unspecified atom stereocenters. The van der Waals surface area contributed by atoms with Crippen molar-refractivity contribution in [3.05, 3.63) is 0 Å². The molecule has 0 saturated carbocycles. The molecule has 0 aromatic carbocycles. The van der Waals surface area contributed by atoms with E-state index in [4.69, 9.17) is 9.47 Å². The number of hydrogen-bond acceptors (Lipinski definition) is 3. The van der Waals surface area contributed by atoms with Crippen molar-refractivity contribution >= 4 is 5.78 Å². The first-order chi connectivity index (χ1) is 9.13. The molecule has 0 bridgehead atoms. The van der Waals surface area contributed by atoms with Gasteiger partial charge in [-0.15, -0.1) is 0 Å². The molecule has 0 atom stereocenters. The lowest BCUT2D eigenvalue weighted by atomic mass is 9.91. The van der Waals surface area contributed by atoms with Crippen LogP contribution in [0.15, 0.2) is 0 Å². The molecule has 0 aliphatic rings. The van der Waals surface area contributed by atoms with E-state index in [-0.39, 0.29) is 17.8 Å². The second kappa shape index (κ2) is 9.51. The molecule has 0 aliphatic carbocycles. The molecule has 0 aromatic heterocycles. The average Bonchev–Trinajstić information content (AvgIpc) is 2.28. The normalized spacial score (nSPS) is 12.7. The molecule has 0 amide bonds. The Morgan fingerprint density at radius 1 is 0.800 bits per heavy atom. The average molecular weight is 286 g/mol. The van der Waals surface area contributed by atoms with Crippen molar-refractivity contribution < 1.29 is 14.3 Å². The monoisotopic (exact) mass is 286 g/mol. The maximum absolute atomic E-state index is 11.6. The van der Waals surface area contributed by atoms with Crippen LogP contribution < -0.4 is 0 Å². The lowest BCUT2D eigenvalue weighted by molar-refractivity contribution is -0.131. The quantitative estimate of drug-likeness (QED) is 0.563. The third kappa shape index (κ3) is 12.6. The number of carbonyl (C=O) groups is 1. The van der Waals surface area contributed by atoms with Gasteiger partial charge in [-0.25, -0.2) is 0 Å². The first-order valence-electron chi connectivity index (χ1n) is 7.82. The Hall–Kier alpha value is -0.410. The number of ether oxygens (including phenoxy) is 2. The summed E-state index contributed by atoms with van der Waals surface area (Å²) in [6.07, 6.45) is 4.28. The van der Waals surface area contributed by atoms with Gasteiger partial charge in [0.2, 0.25) is 0 Å². The summed E-state index contributed by atoms with van der Waals surface area (Å²) < 4.78 is 11.0. The van der Waals surface area contributed by atoms with Crippen LogP contribution in [0.4, 0.5) is 0 Å². The van der Waals surface area contributed by atoms with Gasteiger partial charge in [0.15, 0.2) is 5.78 Å². The molecule has 3 nitrogen and oxygen atoms in total. The van der Waals surface area contributed by atoms with Crippen molar-refractivity contribution in [2.75, 3.05) is 26.4 Å². The molecule has 20 heavy (non-hydrogen) atoms. The molecule has 120 valence electrons. The van der Waals surface area contributed by atoms with Crippen LogP contribution in [-0.2, 0) is 14.3 Å². The first kappa shape index (κ1) is 19.6. The zero-order valence-corrected chi connectivity index (χ0v) is 14.4. The number of ketones is 1. The smallest absolute Gasteiger partial charge is 0.163 e. The van der Waals surface area contributed by atoms with E-state index in [1.165, 1.54) is 6.42 Å². The fraction of sp³-hybridized carbons (Fsp3) is 0.941. The SMILES string of the molecule is CC(C)(C)CCCOCCCCOCC(=O)C(C)(C)C. The van der Waals surface area contributed by atoms with Gasteiger partial charge in [0.05, 0.1) is 0 Å². The first-order valence-corrected chi connectivity index (χ1v) is 7.82. The lowest BCUT2D eigenvalue weighted by Crippen LogP contribution is -2.25. The van der Waals surface area contributed by atoms with Gasteiger partial charge in [0, 0.05) is 25.2 Å². The number of rotatable bonds is 10. The number of carbonyl (C=O) groups excluding carboxylic acids is 1. The minimum absolute atomic E-state index is 0.163. The summed E-state index contributed by atoms with van der Waals surface area (Å²) in [6.45, 7) is 15.0. The highest BCUT2D eigenvalue weighted by atomic mass is 16.5. The molecule has 0 radical (unpaired) electrons. The summed E-state index contributed by atoms with van der Waals surface area (Å²) in [5, 5.41) is 0. The molecule has 0 saturated heterocycles. The predicted octanol–water partition coefficient (Wildman–Crippen LogP) is 4.24. The summed E-state index contributed by atoms with van der Waals surface area (Å²) in [7, 11) is 0. The van der Waals surface area contributed by atoms with Gasteiger partial charge in [0.1, 0.15) is 6.61 Å². The van der Waals surface area contributed by atoms with Crippen LogP contribution in [0.5, 0.6) is 0 Å². The van der Waals surface area contributed by atoms with Crippen LogP contribution in [0.1, 0.15) is 67.2 Å². The molecule has 0 spiro atoms. The van der Waals surface area contributed by atoms with Crippen LogP contribution in [-0.4, -0.2) is 32.2 Å². The molecule has 0 aliphatic heterocycles. The fourth-order valence-corrected chi connectivity index (χ4v) is 1.60. The van der Waals surface area contributed by atoms with Crippen molar-refractivity contribution in [1.82, 2.24) is 0 Å². The van der Waals surface area contributed by atoms with Gasteiger partial charge in [-0.1, -0.05) is 41.5 Å². The Labute approximate surface area is 125 Å². The highest BCUT2D eigenvalue weighted by molar-refractivity contribution is 5.84. The third-order valence-corrected chi connectivity index (χ3v) is 3.11. The maximum Gasteiger partial charge on any atom is 0.163 e.